The molecule has 4 nitrogen and oxygen atoms in total. The zero-order valence-corrected chi connectivity index (χ0v) is 21.6. The Balaban J connectivity index is 1.52. The Kier molecular flexibility index (Phi) is 8.48. The molecule has 0 aliphatic rings. The number of rotatable bonds is 12. The van der Waals surface area contributed by atoms with E-state index in [0.29, 0.717) is 12.3 Å². The maximum Gasteiger partial charge on any atom is 0.303 e. The van der Waals surface area contributed by atoms with E-state index in [-0.39, 0.29) is 12.5 Å². The van der Waals surface area contributed by atoms with Crippen LogP contribution in [0.15, 0.2) is 79.0 Å². The van der Waals surface area contributed by atoms with Crippen molar-refractivity contribution >= 4 is 11.5 Å². The van der Waals surface area contributed by atoms with Crippen LogP contribution >= 0.6 is 0 Å². The number of carbonyl (C=O) groups is 1. The van der Waals surface area contributed by atoms with Crippen LogP contribution in [0.1, 0.15) is 69.4 Å². The molecule has 4 rings (SSSR count). The SMILES string of the molecule is CCCC(Oc1ccc(-c2cc(CCCC(=O)O)n3ccccc23)cc1)c1ccc(CC(C)C)cc1. The van der Waals surface area contributed by atoms with Crippen molar-refractivity contribution in [2.45, 2.75) is 65.4 Å². The molecule has 1 unspecified atom stereocenters. The molecule has 1 N–H and O–H groups in total. The standard InChI is InChI=1S/C32H37NO3/c1-4-8-31(26-14-12-24(13-15-26)21-23(2)3)36-28-18-16-25(17-19-28)29-22-27(9-7-11-32(34)35)33-20-6-5-10-30(29)33/h5-6,10,12-20,22-23,31H,4,7-9,11,21H2,1-3H3,(H,34,35). The van der Waals surface area contributed by atoms with Crippen molar-refractivity contribution in [1.82, 2.24) is 4.40 Å². The molecular formula is C32H37NO3. The molecule has 36 heavy (non-hydrogen) atoms. The lowest BCUT2D eigenvalue weighted by molar-refractivity contribution is -0.137. The van der Waals surface area contributed by atoms with Crippen LogP contribution in [0.25, 0.3) is 16.6 Å². The van der Waals surface area contributed by atoms with Gasteiger partial charge in [0.1, 0.15) is 11.9 Å². The quantitative estimate of drug-likeness (QED) is 0.221. The third kappa shape index (κ3) is 6.37. The van der Waals surface area contributed by atoms with Gasteiger partial charge in [0.15, 0.2) is 0 Å². The largest absolute Gasteiger partial charge is 0.486 e. The number of carboxylic acid groups (broad SMARTS) is 1. The summed E-state index contributed by atoms with van der Waals surface area (Å²) in [7, 11) is 0. The third-order valence-electron chi connectivity index (χ3n) is 6.57. The number of ether oxygens (including phenoxy) is 1. The lowest BCUT2D eigenvalue weighted by Crippen LogP contribution is -2.07. The number of hydrogen-bond donors (Lipinski definition) is 1. The van der Waals surface area contributed by atoms with E-state index in [4.69, 9.17) is 9.84 Å². The molecule has 0 amide bonds. The van der Waals surface area contributed by atoms with E-state index < -0.39 is 5.97 Å². The molecule has 2 heterocycles. The van der Waals surface area contributed by atoms with E-state index in [1.807, 2.05) is 18.3 Å². The molecule has 2 aromatic carbocycles. The minimum absolute atomic E-state index is 0.0325. The summed E-state index contributed by atoms with van der Waals surface area (Å²) < 4.78 is 8.63. The van der Waals surface area contributed by atoms with Crippen LogP contribution < -0.4 is 4.74 Å². The normalized spacial score (nSPS) is 12.2. The average Bonchev–Trinajstić information content (AvgIpc) is 3.23. The Morgan fingerprint density at radius 1 is 1.00 bits per heavy atom. The van der Waals surface area contributed by atoms with Gasteiger partial charge in [0.05, 0.1) is 5.52 Å². The molecule has 0 bridgehead atoms. The van der Waals surface area contributed by atoms with Gasteiger partial charge in [-0.1, -0.05) is 69.7 Å². The number of nitrogens with zero attached hydrogens (tertiary/aromatic N) is 1. The second-order valence-electron chi connectivity index (χ2n) is 10.0. The van der Waals surface area contributed by atoms with E-state index >= 15 is 0 Å². The minimum Gasteiger partial charge on any atom is -0.486 e. The first-order valence-electron chi connectivity index (χ1n) is 13.1. The van der Waals surface area contributed by atoms with E-state index in [1.165, 1.54) is 11.1 Å². The predicted octanol–water partition coefficient (Wildman–Crippen LogP) is 8.13. The highest BCUT2D eigenvalue weighted by Crippen LogP contribution is 2.32. The maximum absolute atomic E-state index is 11.0. The van der Waals surface area contributed by atoms with E-state index in [1.54, 1.807) is 0 Å². The molecule has 0 aliphatic carbocycles. The predicted molar refractivity (Wildman–Crippen MR) is 147 cm³/mol. The van der Waals surface area contributed by atoms with Crippen LogP contribution in [0.2, 0.25) is 0 Å². The number of fused-ring (bicyclic) bond motifs is 1. The first-order chi connectivity index (χ1) is 17.4. The molecule has 0 radical (unpaired) electrons. The summed E-state index contributed by atoms with van der Waals surface area (Å²) in [6.07, 6.45) is 6.73. The van der Waals surface area contributed by atoms with Crippen LogP contribution in [0.3, 0.4) is 0 Å². The maximum atomic E-state index is 11.0. The average molecular weight is 484 g/mol. The van der Waals surface area contributed by atoms with Gasteiger partial charge in [-0.15, -0.1) is 0 Å². The van der Waals surface area contributed by atoms with Crippen molar-refractivity contribution in [3.05, 3.63) is 95.8 Å². The molecule has 4 heteroatoms. The van der Waals surface area contributed by atoms with Crippen LogP contribution in [-0.2, 0) is 17.6 Å². The second kappa shape index (κ2) is 11.9. The Morgan fingerprint density at radius 3 is 2.42 bits per heavy atom. The van der Waals surface area contributed by atoms with Gasteiger partial charge in [-0.25, -0.2) is 0 Å². The number of carboxylic acids is 1. The minimum atomic E-state index is -0.750. The van der Waals surface area contributed by atoms with Gasteiger partial charge in [-0.05, 0) is 78.6 Å². The molecule has 4 aromatic rings. The Labute approximate surface area is 214 Å². The number of aryl methyl sites for hydroxylation is 1. The summed E-state index contributed by atoms with van der Waals surface area (Å²) >= 11 is 0. The topological polar surface area (TPSA) is 50.9 Å². The smallest absolute Gasteiger partial charge is 0.303 e. The van der Waals surface area contributed by atoms with Crippen LogP contribution in [0.5, 0.6) is 5.75 Å². The zero-order valence-electron chi connectivity index (χ0n) is 21.6. The van der Waals surface area contributed by atoms with Crippen molar-refractivity contribution in [3.8, 4) is 16.9 Å². The van der Waals surface area contributed by atoms with Crippen molar-refractivity contribution in [1.29, 1.82) is 0 Å². The Morgan fingerprint density at radius 2 is 1.75 bits per heavy atom. The van der Waals surface area contributed by atoms with Crippen molar-refractivity contribution in [2.75, 3.05) is 0 Å². The molecule has 1 atom stereocenters. The van der Waals surface area contributed by atoms with Gasteiger partial charge in [0.2, 0.25) is 0 Å². The fourth-order valence-corrected chi connectivity index (χ4v) is 4.84. The third-order valence-corrected chi connectivity index (χ3v) is 6.57. The molecule has 0 spiro atoms. The highest BCUT2D eigenvalue weighted by molar-refractivity contribution is 5.82. The van der Waals surface area contributed by atoms with Crippen LogP contribution in [0, 0.1) is 5.92 Å². The molecule has 0 saturated heterocycles. The number of aliphatic carboxylic acids is 1. The number of hydrogen-bond acceptors (Lipinski definition) is 2. The second-order valence-corrected chi connectivity index (χ2v) is 10.0. The van der Waals surface area contributed by atoms with Crippen LogP contribution in [0.4, 0.5) is 0 Å². The highest BCUT2D eigenvalue weighted by Gasteiger charge is 2.15. The van der Waals surface area contributed by atoms with Gasteiger partial charge in [0.25, 0.3) is 0 Å². The fourth-order valence-electron chi connectivity index (χ4n) is 4.84. The summed E-state index contributed by atoms with van der Waals surface area (Å²) in [5.74, 6) is 0.768. The van der Waals surface area contributed by atoms with Gasteiger partial charge in [-0.3, -0.25) is 4.79 Å². The fraction of sp³-hybridized carbons (Fsp3) is 0.344. The molecule has 0 saturated carbocycles. The number of pyridine rings is 1. The van der Waals surface area contributed by atoms with Crippen LogP contribution in [-0.4, -0.2) is 15.5 Å². The monoisotopic (exact) mass is 483 g/mol. The van der Waals surface area contributed by atoms with Crippen molar-refractivity contribution in [2.24, 2.45) is 5.92 Å². The molecule has 0 aliphatic heterocycles. The number of aromatic nitrogens is 1. The molecular weight excluding hydrogens is 446 g/mol. The molecule has 0 fully saturated rings. The molecule has 188 valence electrons. The summed E-state index contributed by atoms with van der Waals surface area (Å²) in [6.45, 7) is 6.69. The summed E-state index contributed by atoms with van der Waals surface area (Å²) in [4.78, 5) is 11.0. The zero-order chi connectivity index (χ0) is 25.5. The Bertz CT molecular complexity index is 1270. The summed E-state index contributed by atoms with van der Waals surface area (Å²) in [5, 5.41) is 9.01. The lowest BCUT2D eigenvalue weighted by atomic mass is 9.99. The lowest BCUT2D eigenvalue weighted by Gasteiger charge is -2.20. The Hall–Kier alpha value is -3.53. The summed E-state index contributed by atoms with van der Waals surface area (Å²) in [6, 6.07) is 25.6. The molecule has 2 aromatic heterocycles. The van der Waals surface area contributed by atoms with E-state index in [2.05, 4.69) is 85.8 Å². The van der Waals surface area contributed by atoms with Crippen molar-refractivity contribution in [3.63, 3.8) is 0 Å². The first-order valence-corrected chi connectivity index (χ1v) is 13.1. The van der Waals surface area contributed by atoms with E-state index in [0.717, 1.165) is 53.8 Å². The van der Waals surface area contributed by atoms with Gasteiger partial charge in [-0.2, -0.15) is 0 Å². The van der Waals surface area contributed by atoms with E-state index in [9.17, 15) is 4.79 Å². The van der Waals surface area contributed by atoms with Gasteiger partial charge < -0.3 is 14.2 Å². The van der Waals surface area contributed by atoms with Gasteiger partial charge >= 0.3 is 5.97 Å². The summed E-state index contributed by atoms with van der Waals surface area (Å²) in [5.41, 5.74) is 7.13. The van der Waals surface area contributed by atoms with Gasteiger partial charge in [0, 0.05) is 23.9 Å². The highest BCUT2D eigenvalue weighted by atomic mass is 16.5. The number of benzene rings is 2. The first kappa shape index (κ1) is 25.6. The van der Waals surface area contributed by atoms with Crippen molar-refractivity contribution < 1.29 is 14.6 Å².